The van der Waals surface area contributed by atoms with Crippen LogP contribution in [0.1, 0.15) is 18.9 Å². The molecule has 1 unspecified atom stereocenters. The first-order valence-electron chi connectivity index (χ1n) is 6.55. The Bertz CT molecular complexity index is 511. The molecule has 3 nitrogen and oxygen atoms in total. The van der Waals surface area contributed by atoms with E-state index in [-0.39, 0.29) is 10.9 Å². The van der Waals surface area contributed by atoms with Gasteiger partial charge in [0.25, 0.3) is 0 Å². The van der Waals surface area contributed by atoms with Gasteiger partial charge in [-0.25, -0.2) is 0 Å². The minimum atomic E-state index is -4.51. The van der Waals surface area contributed by atoms with Crippen molar-refractivity contribution in [1.29, 1.82) is 0 Å². The molecule has 0 fully saturated rings. The molecule has 1 aromatic rings. The van der Waals surface area contributed by atoms with Crippen molar-refractivity contribution in [3.8, 4) is 0 Å². The summed E-state index contributed by atoms with van der Waals surface area (Å²) in [5, 5.41) is 1.84. The number of nitrogens with one attached hydrogen (secondary N) is 1. The van der Waals surface area contributed by atoms with E-state index in [2.05, 4.69) is 5.32 Å². The second-order valence-electron chi connectivity index (χ2n) is 4.54. The largest absolute Gasteiger partial charge is 0.417 e. The Morgan fingerprint density at radius 2 is 2.14 bits per heavy atom. The van der Waals surface area contributed by atoms with Gasteiger partial charge in [-0.05, 0) is 31.5 Å². The molecule has 0 aromatic heterocycles. The smallest absolute Gasteiger partial charge is 0.385 e. The molecule has 0 saturated heterocycles. The second-order valence-corrected chi connectivity index (χ2v) is 6.36. The molecule has 0 spiro atoms. The van der Waals surface area contributed by atoms with Gasteiger partial charge in [0.2, 0.25) is 5.91 Å². The van der Waals surface area contributed by atoms with E-state index in [1.807, 2.05) is 0 Å². The molecule has 0 bridgehead atoms. The number of alkyl halides is 3. The van der Waals surface area contributed by atoms with E-state index in [9.17, 15) is 18.0 Å². The van der Waals surface area contributed by atoms with E-state index in [1.165, 1.54) is 12.1 Å². The van der Waals surface area contributed by atoms with Crippen LogP contribution < -0.4 is 5.32 Å². The van der Waals surface area contributed by atoms with Crippen molar-refractivity contribution in [2.24, 2.45) is 0 Å². The number of hydrogen-bond acceptors (Lipinski definition) is 3. The van der Waals surface area contributed by atoms with Crippen molar-refractivity contribution in [3.63, 3.8) is 0 Å². The van der Waals surface area contributed by atoms with Crippen molar-refractivity contribution in [2.75, 3.05) is 20.3 Å². The van der Waals surface area contributed by atoms with E-state index < -0.39 is 17.0 Å². The van der Waals surface area contributed by atoms with E-state index >= 15 is 0 Å². The summed E-state index contributed by atoms with van der Waals surface area (Å²) < 4.78 is 43.2. The number of carbonyl (C=O) groups is 1. The number of benzene rings is 1. The van der Waals surface area contributed by atoms with Crippen LogP contribution in [0.2, 0.25) is 5.02 Å². The summed E-state index contributed by atoms with van der Waals surface area (Å²) in [5.74, 6) is -0.232. The van der Waals surface area contributed by atoms with Crippen molar-refractivity contribution in [3.05, 3.63) is 28.8 Å². The zero-order valence-electron chi connectivity index (χ0n) is 12.2. The molecule has 0 radical (unpaired) electrons. The first-order valence-corrected chi connectivity index (χ1v) is 7.81. The van der Waals surface area contributed by atoms with Gasteiger partial charge in [0.15, 0.2) is 0 Å². The minimum Gasteiger partial charge on any atom is -0.385 e. The first kappa shape index (κ1) is 19.1. The monoisotopic (exact) mass is 355 g/mol. The van der Waals surface area contributed by atoms with Crippen LogP contribution in [0.25, 0.3) is 0 Å². The number of carbonyl (C=O) groups excluding carboxylic acids is 1. The maximum absolute atomic E-state index is 12.8. The summed E-state index contributed by atoms with van der Waals surface area (Å²) in [6.07, 6.45) is -3.84. The highest BCUT2D eigenvalue weighted by atomic mass is 35.5. The Balaban J connectivity index is 2.64. The molecule has 1 N–H and O–H groups in total. The minimum absolute atomic E-state index is 0.232. The predicted molar refractivity (Wildman–Crippen MR) is 81.3 cm³/mol. The number of rotatable bonds is 7. The first-order chi connectivity index (χ1) is 10.3. The van der Waals surface area contributed by atoms with Crippen LogP contribution in [0, 0.1) is 0 Å². The third kappa shape index (κ3) is 6.06. The summed E-state index contributed by atoms with van der Waals surface area (Å²) in [6, 6.07) is 3.62. The zero-order chi connectivity index (χ0) is 16.8. The lowest BCUT2D eigenvalue weighted by Crippen LogP contribution is -2.32. The van der Waals surface area contributed by atoms with E-state index in [1.54, 1.807) is 14.0 Å². The van der Waals surface area contributed by atoms with Crippen LogP contribution in [0.4, 0.5) is 13.2 Å². The van der Waals surface area contributed by atoms with Gasteiger partial charge >= 0.3 is 6.18 Å². The van der Waals surface area contributed by atoms with Crippen LogP contribution >= 0.6 is 23.4 Å². The summed E-state index contributed by atoms with van der Waals surface area (Å²) in [4.78, 5) is 12.2. The van der Waals surface area contributed by atoms with E-state index in [0.29, 0.717) is 24.5 Å². The average Bonchev–Trinajstić information content (AvgIpc) is 2.44. The van der Waals surface area contributed by atoms with Crippen LogP contribution in [0.5, 0.6) is 0 Å². The maximum Gasteiger partial charge on any atom is 0.417 e. The Morgan fingerprint density at radius 1 is 1.45 bits per heavy atom. The highest BCUT2D eigenvalue weighted by Gasteiger charge is 2.33. The molecule has 0 heterocycles. The number of halogens is 4. The number of amides is 1. The molecule has 1 atom stereocenters. The highest BCUT2D eigenvalue weighted by Crippen LogP contribution is 2.37. The van der Waals surface area contributed by atoms with Gasteiger partial charge in [-0.2, -0.15) is 13.2 Å². The lowest BCUT2D eigenvalue weighted by atomic mass is 10.2. The SMILES string of the molecule is COCCCNC(=O)C(C)Sc1ccc(Cl)c(C(F)(F)F)c1. The van der Waals surface area contributed by atoms with Crippen LogP contribution in [-0.2, 0) is 15.7 Å². The molecule has 1 aromatic carbocycles. The second kappa shape index (κ2) is 8.64. The normalized spacial score (nSPS) is 13.0. The lowest BCUT2D eigenvalue weighted by Gasteiger charge is -2.14. The molecule has 0 aliphatic heterocycles. The molecule has 0 aliphatic carbocycles. The van der Waals surface area contributed by atoms with Gasteiger partial charge in [0, 0.05) is 25.2 Å². The van der Waals surface area contributed by atoms with Crippen LogP contribution in [-0.4, -0.2) is 31.4 Å². The van der Waals surface area contributed by atoms with E-state index in [4.69, 9.17) is 16.3 Å². The van der Waals surface area contributed by atoms with Crippen LogP contribution in [0.3, 0.4) is 0 Å². The summed E-state index contributed by atoms with van der Waals surface area (Å²) in [5.41, 5.74) is -0.896. The third-order valence-corrected chi connectivity index (χ3v) is 4.17. The van der Waals surface area contributed by atoms with Gasteiger partial charge in [-0.1, -0.05) is 11.6 Å². The highest BCUT2D eigenvalue weighted by molar-refractivity contribution is 8.00. The van der Waals surface area contributed by atoms with Crippen molar-refractivity contribution in [2.45, 2.75) is 29.7 Å². The van der Waals surface area contributed by atoms with Crippen molar-refractivity contribution >= 4 is 29.3 Å². The number of methoxy groups -OCH3 is 1. The van der Waals surface area contributed by atoms with Crippen LogP contribution in [0.15, 0.2) is 23.1 Å². The fourth-order valence-corrected chi connectivity index (χ4v) is 2.78. The topological polar surface area (TPSA) is 38.3 Å². The van der Waals surface area contributed by atoms with Crippen molar-refractivity contribution in [1.82, 2.24) is 5.32 Å². The third-order valence-electron chi connectivity index (χ3n) is 2.75. The van der Waals surface area contributed by atoms with Crippen molar-refractivity contribution < 1.29 is 22.7 Å². The quantitative estimate of drug-likeness (QED) is 0.593. The maximum atomic E-state index is 12.8. The Morgan fingerprint density at radius 3 is 2.73 bits per heavy atom. The lowest BCUT2D eigenvalue weighted by molar-refractivity contribution is -0.137. The number of hydrogen-bond donors (Lipinski definition) is 1. The molecule has 1 rings (SSSR count). The molecular formula is C14H17ClF3NO2S. The molecule has 8 heteroatoms. The number of ether oxygens (including phenoxy) is 1. The molecule has 1 amide bonds. The Hall–Kier alpha value is -0.920. The van der Waals surface area contributed by atoms with Gasteiger partial charge < -0.3 is 10.1 Å². The molecular weight excluding hydrogens is 339 g/mol. The standard InChI is InChI=1S/C14H17ClF3NO2S/c1-9(13(20)19-6-3-7-21-2)22-10-4-5-12(15)11(8-10)14(16,17)18/h4-5,8-9H,3,6-7H2,1-2H3,(H,19,20). The van der Waals surface area contributed by atoms with Gasteiger partial charge in [0.05, 0.1) is 15.8 Å². The molecule has 0 aliphatic rings. The van der Waals surface area contributed by atoms with Gasteiger partial charge in [0.1, 0.15) is 0 Å². The van der Waals surface area contributed by atoms with Gasteiger partial charge in [-0.15, -0.1) is 11.8 Å². The Labute approximate surface area is 136 Å². The summed E-state index contributed by atoms with van der Waals surface area (Å²) in [7, 11) is 1.57. The van der Waals surface area contributed by atoms with Gasteiger partial charge in [-0.3, -0.25) is 4.79 Å². The molecule has 124 valence electrons. The number of thioether (sulfide) groups is 1. The van der Waals surface area contributed by atoms with E-state index in [0.717, 1.165) is 17.8 Å². The average molecular weight is 356 g/mol. The molecule has 0 saturated carbocycles. The summed E-state index contributed by atoms with van der Waals surface area (Å²) >= 11 is 6.61. The fraction of sp³-hybridized carbons (Fsp3) is 0.500. The molecule has 22 heavy (non-hydrogen) atoms. The fourth-order valence-electron chi connectivity index (χ4n) is 1.62. The zero-order valence-corrected chi connectivity index (χ0v) is 13.7. The predicted octanol–water partition coefficient (Wildman–Crippen LogP) is 3.99. The Kier molecular flexibility index (Phi) is 7.52. The summed E-state index contributed by atoms with van der Waals surface area (Å²) in [6.45, 7) is 2.64.